The maximum Gasteiger partial charge on any atom is 0.222 e. The average molecular weight is 285 g/mol. The van der Waals surface area contributed by atoms with Crippen LogP contribution >= 0.6 is 0 Å². The molecule has 4 nitrogen and oxygen atoms in total. The molecule has 3 N–H and O–H groups in total. The van der Waals surface area contributed by atoms with Gasteiger partial charge in [-0.05, 0) is 46.7 Å². The number of nitrogens with two attached hydrogens (primary N) is 1. The predicted molar refractivity (Wildman–Crippen MR) is 86.7 cm³/mol. The summed E-state index contributed by atoms with van der Waals surface area (Å²) in [5, 5.41) is 3.03. The lowest BCUT2D eigenvalue weighted by Gasteiger charge is -2.31. The highest BCUT2D eigenvalue weighted by Crippen LogP contribution is 2.09. The van der Waals surface area contributed by atoms with Gasteiger partial charge in [0.1, 0.15) is 0 Å². The van der Waals surface area contributed by atoms with Crippen LogP contribution in [0.3, 0.4) is 0 Å². The third-order valence-corrected chi connectivity index (χ3v) is 3.32. The quantitative estimate of drug-likeness (QED) is 0.648. The molecule has 0 fully saturated rings. The molecule has 20 heavy (non-hydrogen) atoms. The van der Waals surface area contributed by atoms with Gasteiger partial charge in [0.15, 0.2) is 0 Å². The molecule has 0 saturated carbocycles. The molecule has 0 aromatic carbocycles. The Morgan fingerprint density at radius 1 is 1.15 bits per heavy atom. The maximum atomic E-state index is 12.1. The standard InChI is InChI=1S/C16H35N3O/c1-6-8-10-19(11-9-7-2)14(13-17)12-15(20)18-16(3,4)5/h14H,6-13,17H2,1-5H3,(H,18,20). The van der Waals surface area contributed by atoms with Gasteiger partial charge in [-0.1, -0.05) is 26.7 Å². The Labute approximate surface area is 125 Å². The zero-order valence-electron chi connectivity index (χ0n) is 14.2. The van der Waals surface area contributed by atoms with E-state index in [1.165, 1.54) is 25.7 Å². The van der Waals surface area contributed by atoms with Crippen LogP contribution in [0.15, 0.2) is 0 Å². The van der Waals surface area contributed by atoms with E-state index in [2.05, 4.69) is 24.1 Å². The highest BCUT2D eigenvalue weighted by atomic mass is 16.1. The molecule has 0 aromatic heterocycles. The number of nitrogens with one attached hydrogen (secondary N) is 1. The average Bonchev–Trinajstić information content (AvgIpc) is 2.34. The van der Waals surface area contributed by atoms with E-state index in [1.807, 2.05) is 20.8 Å². The molecule has 0 rings (SSSR count). The van der Waals surface area contributed by atoms with Crippen LogP contribution in [0.5, 0.6) is 0 Å². The Morgan fingerprint density at radius 3 is 2.00 bits per heavy atom. The van der Waals surface area contributed by atoms with Gasteiger partial charge in [0.05, 0.1) is 0 Å². The molecule has 0 bridgehead atoms. The van der Waals surface area contributed by atoms with Crippen LogP contribution in [0.1, 0.15) is 66.7 Å². The van der Waals surface area contributed by atoms with Gasteiger partial charge in [-0.25, -0.2) is 0 Å². The predicted octanol–water partition coefficient (Wildman–Crippen LogP) is 2.52. The molecule has 1 atom stereocenters. The van der Waals surface area contributed by atoms with Crippen molar-refractivity contribution in [2.45, 2.75) is 78.3 Å². The number of carbonyl (C=O) groups excluding carboxylic acids is 1. The first-order valence-electron chi connectivity index (χ1n) is 8.09. The smallest absolute Gasteiger partial charge is 0.222 e. The van der Waals surface area contributed by atoms with Crippen LogP contribution < -0.4 is 11.1 Å². The van der Waals surface area contributed by atoms with Crippen LogP contribution in [-0.2, 0) is 4.79 Å². The second-order valence-corrected chi connectivity index (χ2v) is 6.63. The molecular formula is C16H35N3O. The third kappa shape index (κ3) is 9.32. The number of hydrogen-bond acceptors (Lipinski definition) is 3. The van der Waals surface area contributed by atoms with E-state index >= 15 is 0 Å². The van der Waals surface area contributed by atoms with Crippen molar-refractivity contribution in [2.75, 3.05) is 19.6 Å². The number of carbonyl (C=O) groups is 1. The Balaban J connectivity index is 4.50. The summed E-state index contributed by atoms with van der Waals surface area (Å²) in [6.07, 6.45) is 5.19. The maximum absolute atomic E-state index is 12.1. The Hall–Kier alpha value is -0.610. The van der Waals surface area contributed by atoms with Crippen molar-refractivity contribution in [3.63, 3.8) is 0 Å². The summed E-state index contributed by atoms with van der Waals surface area (Å²) in [7, 11) is 0. The molecule has 0 aromatic rings. The number of unbranched alkanes of at least 4 members (excludes halogenated alkanes) is 2. The van der Waals surface area contributed by atoms with Gasteiger partial charge in [-0.3, -0.25) is 9.69 Å². The minimum atomic E-state index is -0.173. The zero-order chi connectivity index (χ0) is 15.6. The second-order valence-electron chi connectivity index (χ2n) is 6.63. The molecule has 0 spiro atoms. The highest BCUT2D eigenvalue weighted by Gasteiger charge is 2.22. The van der Waals surface area contributed by atoms with Gasteiger partial charge in [0.25, 0.3) is 0 Å². The Bertz CT molecular complexity index is 253. The molecule has 0 aliphatic carbocycles. The van der Waals surface area contributed by atoms with E-state index in [9.17, 15) is 4.79 Å². The van der Waals surface area contributed by atoms with E-state index in [4.69, 9.17) is 5.73 Å². The van der Waals surface area contributed by atoms with E-state index in [0.29, 0.717) is 13.0 Å². The van der Waals surface area contributed by atoms with Gasteiger partial charge in [0.2, 0.25) is 5.91 Å². The van der Waals surface area contributed by atoms with E-state index < -0.39 is 0 Å². The van der Waals surface area contributed by atoms with Gasteiger partial charge < -0.3 is 11.1 Å². The van der Waals surface area contributed by atoms with E-state index in [0.717, 1.165) is 13.1 Å². The molecule has 0 saturated heterocycles. The van der Waals surface area contributed by atoms with Crippen molar-refractivity contribution in [3.05, 3.63) is 0 Å². The van der Waals surface area contributed by atoms with Crippen molar-refractivity contribution in [2.24, 2.45) is 5.73 Å². The van der Waals surface area contributed by atoms with Crippen molar-refractivity contribution in [1.29, 1.82) is 0 Å². The summed E-state index contributed by atoms with van der Waals surface area (Å²) < 4.78 is 0. The summed E-state index contributed by atoms with van der Waals surface area (Å²) in [5.41, 5.74) is 5.73. The molecule has 0 radical (unpaired) electrons. The topological polar surface area (TPSA) is 58.4 Å². The van der Waals surface area contributed by atoms with Crippen LogP contribution in [0.2, 0.25) is 0 Å². The van der Waals surface area contributed by atoms with Gasteiger partial charge in [-0.15, -0.1) is 0 Å². The summed E-state index contributed by atoms with van der Waals surface area (Å²) in [5.74, 6) is 0.103. The molecule has 4 heteroatoms. The molecule has 0 aliphatic heterocycles. The molecule has 0 heterocycles. The van der Waals surface area contributed by atoms with Gasteiger partial charge in [0, 0.05) is 24.5 Å². The van der Waals surface area contributed by atoms with E-state index in [1.54, 1.807) is 0 Å². The minimum Gasteiger partial charge on any atom is -0.351 e. The van der Waals surface area contributed by atoms with Crippen molar-refractivity contribution in [3.8, 4) is 0 Å². The third-order valence-electron chi connectivity index (χ3n) is 3.32. The number of amides is 1. The van der Waals surface area contributed by atoms with Crippen LogP contribution in [0.4, 0.5) is 0 Å². The number of nitrogens with zero attached hydrogens (tertiary/aromatic N) is 1. The lowest BCUT2D eigenvalue weighted by Crippen LogP contribution is -2.48. The molecule has 0 aliphatic rings. The summed E-state index contributed by atoms with van der Waals surface area (Å²) >= 11 is 0. The number of rotatable bonds is 10. The van der Waals surface area contributed by atoms with Crippen molar-refractivity contribution >= 4 is 5.91 Å². The van der Waals surface area contributed by atoms with Crippen LogP contribution in [0, 0.1) is 0 Å². The van der Waals surface area contributed by atoms with Crippen LogP contribution in [-0.4, -0.2) is 42.0 Å². The van der Waals surface area contributed by atoms with Gasteiger partial charge >= 0.3 is 0 Å². The molecule has 1 amide bonds. The summed E-state index contributed by atoms with van der Waals surface area (Å²) in [6, 6.07) is 0.162. The molecular weight excluding hydrogens is 250 g/mol. The van der Waals surface area contributed by atoms with Crippen molar-refractivity contribution in [1.82, 2.24) is 10.2 Å². The van der Waals surface area contributed by atoms with E-state index in [-0.39, 0.29) is 17.5 Å². The number of hydrogen-bond donors (Lipinski definition) is 2. The highest BCUT2D eigenvalue weighted by molar-refractivity contribution is 5.77. The second kappa shape index (κ2) is 10.2. The largest absolute Gasteiger partial charge is 0.351 e. The zero-order valence-corrected chi connectivity index (χ0v) is 14.2. The van der Waals surface area contributed by atoms with Gasteiger partial charge in [-0.2, -0.15) is 0 Å². The Morgan fingerprint density at radius 2 is 1.65 bits per heavy atom. The summed E-state index contributed by atoms with van der Waals surface area (Å²) in [4.78, 5) is 14.5. The van der Waals surface area contributed by atoms with Crippen LogP contribution in [0.25, 0.3) is 0 Å². The minimum absolute atomic E-state index is 0.103. The Kier molecular flexibility index (Phi) is 9.86. The fraction of sp³-hybridized carbons (Fsp3) is 0.938. The lowest BCUT2D eigenvalue weighted by molar-refractivity contribution is -0.123. The summed E-state index contributed by atoms with van der Waals surface area (Å²) in [6.45, 7) is 13.0. The molecule has 120 valence electrons. The first kappa shape index (κ1) is 19.4. The first-order valence-corrected chi connectivity index (χ1v) is 8.09. The fourth-order valence-electron chi connectivity index (χ4n) is 2.24. The fourth-order valence-corrected chi connectivity index (χ4v) is 2.24. The van der Waals surface area contributed by atoms with Crippen molar-refractivity contribution < 1.29 is 4.79 Å². The SMILES string of the molecule is CCCCN(CCCC)C(CN)CC(=O)NC(C)(C)C. The normalized spacial score (nSPS) is 13.6. The lowest BCUT2D eigenvalue weighted by atomic mass is 10.1. The molecule has 1 unspecified atom stereocenters. The first-order chi connectivity index (χ1) is 9.34. The monoisotopic (exact) mass is 285 g/mol.